The second kappa shape index (κ2) is 12.5. The third kappa shape index (κ3) is 8.31. The van der Waals surface area contributed by atoms with E-state index in [0.717, 1.165) is 23.2 Å². The Morgan fingerprint density at radius 2 is 1.62 bits per heavy atom. The third-order valence-electron chi connectivity index (χ3n) is 5.08. The van der Waals surface area contributed by atoms with Crippen LogP contribution in [0.1, 0.15) is 36.1 Å². The van der Waals surface area contributed by atoms with Crippen molar-refractivity contribution in [1.82, 2.24) is 5.32 Å². The number of carbonyl (C=O) groups excluding carboxylic acids is 3. The number of alkyl halides is 3. The van der Waals surface area contributed by atoms with Crippen molar-refractivity contribution in [3.8, 4) is 0 Å². The summed E-state index contributed by atoms with van der Waals surface area (Å²) in [5.74, 6) is -2.01. The van der Waals surface area contributed by atoms with Gasteiger partial charge in [-0.05, 0) is 29.3 Å². The number of ether oxygens (including phenoxy) is 1. The summed E-state index contributed by atoms with van der Waals surface area (Å²) in [6, 6.07) is 20.8. The molecule has 3 aromatic carbocycles. The summed E-state index contributed by atoms with van der Waals surface area (Å²) >= 11 is 0. The number of anilines is 1. The molecule has 0 fully saturated rings. The SMILES string of the molecule is CC(=O)NC(CC(=O)OCC(=O)N(/N=C/c1ccccc1)c1cccc(C(F)(F)F)c1)c1ccccc1. The van der Waals surface area contributed by atoms with E-state index in [4.69, 9.17) is 4.74 Å². The van der Waals surface area contributed by atoms with Crippen molar-refractivity contribution in [3.05, 3.63) is 102 Å². The van der Waals surface area contributed by atoms with Crippen LogP contribution >= 0.6 is 0 Å². The summed E-state index contributed by atoms with van der Waals surface area (Å²) in [5.41, 5.74) is 0.156. The van der Waals surface area contributed by atoms with Gasteiger partial charge in [-0.15, -0.1) is 0 Å². The van der Waals surface area contributed by atoms with Crippen molar-refractivity contribution in [1.29, 1.82) is 0 Å². The Kier molecular flexibility index (Phi) is 9.15. The van der Waals surface area contributed by atoms with Gasteiger partial charge in [0, 0.05) is 6.92 Å². The lowest BCUT2D eigenvalue weighted by Crippen LogP contribution is -2.32. The fourth-order valence-electron chi connectivity index (χ4n) is 3.36. The average Bonchev–Trinajstić information content (AvgIpc) is 2.88. The Morgan fingerprint density at radius 1 is 0.973 bits per heavy atom. The van der Waals surface area contributed by atoms with Crippen molar-refractivity contribution < 1.29 is 32.3 Å². The quantitative estimate of drug-likeness (QED) is 0.252. The van der Waals surface area contributed by atoms with Gasteiger partial charge in [-0.1, -0.05) is 66.7 Å². The average molecular weight is 512 g/mol. The van der Waals surface area contributed by atoms with E-state index in [1.165, 1.54) is 19.2 Å². The molecule has 0 bridgehead atoms. The lowest BCUT2D eigenvalue weighted by molar-refractivity contribution is -0.148. The number of halogens is 3. The van der Waals surface area contributed by atoms with Crippen LogP contribution in [-0.2, 0) is 25.3 Å². The van der Waals surface area contributed by atoms with E-state index in [0.29, 0.717) is 11.1 Å². The van der Waals surface area contributed by atoms with Crippen LogP contribution in [0.3, 0.4) is 0 Å². The highest BCUT2D eigenvalue weighted by molar-refractivity contribution is 5.96. The molecule has 0 aliphatic rings. The van der Waals surface area contributed by atoms with Gasteiger partial charge in [0.2, 0.25) is 5.91 Å². The Labute approximate surface area is 211 Å². The van der Waals surface area contributed by atoms with E-state index < -0.39 is 36.3 Å². The van der Waals surface area contributed by atoms with Gasteiger partial charge in [0.1, 0.15) is 0 Å². The summed E-state index contributed by atoms with van der Waals surface area (Å²) < 4.78 is 44.9. The number of hydrogen-bond donors (Lipinski definition) is 1. The molecule has 0 spiro atoms. The molecule has 0 aromatic heterocycles. The normalized spacial score (nSPS) is 12.1. The fraction of sp³-hybridized carbons (Fsp3) is 0.185. The number of hydrogen-bond acceptors (Lipinski definition) is 5. The molecule has 1 atom stereocenters. The molecule has 1 unspecified atom stereocenters. The zero-order chi connectivity index (χ0) is 26.8. The number of rotatable bonds is 9. The van der Waals surface area contributed by atoms with E-state index in [1.54, 1.807) is 60.7 Å². The minimum atomic E-state index is -4.63. The van der Waals surface area contributed by atoms with E-state index in [2.05, 4.69) is 10.4 Å². The molecule has 0 radical (unpaired) electrons. The van der Waals surface area contributed by atoms with Gasteiger partial charge < -0.3 is 10.1 Å². The van der Waals surface area contributed by atoms with Crippen molar-refractivity contribution in [2.24, 2.45) is 5.10 Å². The van der Waals surface area contributed by atoms with Gasteiger partial charge in [0.05, 0.1) is 29.9 Å². The van der Waals surface area contributed by atoms with E-state index in [-0.39, 0.29) is 18.0 Å². The number of carbonyl (C=O) groups is 3. The fourth-order valence-corrected chi connectivity index (χ4v) is 3.36. The molecular formula is C27H24F3N3O4. The predicted molar refractivity (Wildman–Crippen MR) is 132 cm³/mol. The highest BCUT2D eigenvalue weighted by atomic mass is 19.4. The highest BCUT2D eigenvalue weighted by Gasteiger charge is 2.31. The molecule has 10 heteroatoms. The first-order chi connectivity index (χ1) is 17.6. The maximum atomic E-state index is 13.2. The molecule has 3 rings (SSSR count). The Balaban J connectivity index is 1.76. The van der Waals surface area contributed by atoms with Crippen molar-refractivity contribution >= 4 is 29.7 Å². The van der Waals surface area contributed by atoms with Crippen LogP contribution in [0.15, 0.2) is 90.0 Å². The molecule has 3 aromatic rings. The topological polar surface area (TPSA) is 88.1 Å². The van der Waals surface area contributed by atoms with E-state index in [9.17, 15) is 27.6 Å². The van der Waals surface area contributed by atoms with Crippen LogP contribution < -0.4 is 10.3 Å². The first-order valence-electron chi connectivity index (χ1n) is 11.2. The highest BCUT2D eigenvalue weighted by Crippen LogP contribution is 2.32. The summed E-state index contributed by atoms with van der Waals surface area (Å²) in [6.07, 6.45) is -3.58. The first kappa shape index (κ1) is 27.1. The molecule has 0 aliphatic heterocycles. The summed E-state index contributed by atoms with van der Waals surface area (Å²) in [6.45, 7) is 0.533. The van der Waals surface area contributed by atoms with E-state index in [1.807, 2.05) is 0 Å². The van der Waals surface area contributed by atoms with Crippen molar-refractivity contribution in [2.45, 2.75) is 25.6 Å². The predicted octanol–water partition coefficient (Wildman–Crippen LogP) is 4.88. The smallest absolute Gasteiger partial charge is 0.416 e. The number of esters is 1. The summed E-state index contributed by atoms with van der Waals surface area (Å²) in [7, 11) is 0. The molecular weight excluding hydrogens is 487 g/mol. The molecule has 0 aliphatic carbocycles. The Morgan fingerprint density at radius 3 is 2.24 bits per heavy atom. The minimum absolute atomic E-state index is 0.150. The van der Waals surface area contributed by atoms with Gasteiger partial charge in [0.25, 0.3) is 5.91 Å². The summed E-state index contributed by atoms with van der Waals surface area (Å²) in [5, 5.41) is 7.46. The van der Waals surface area contributed by atoms with Crippen LogP contribution in [0.2, 0.25) is 0 Å². The lowest BCUT2D eigenvalue weighted by atomic mass is 10.0. The summed E-state index contributed by atoms with van der Waals surface area (Å²) in [4.78, 5) is 37.0. The van der Waals surface area contributed by atoms with Gasteiger partial charge >= 0.3 is 12.1 Å². The second-order valence-corrected chi connectivity index (χ2v) is 7.94. The zero-order valence-electron chi connectivity index (χ0n) is 19.8. The van der Waals surface area contributed by atoms with E-state index >= 15 is 0 Å². The van der Waals surface area contributed by atoms with Gasteiger partial charge in [-0.25, -0.2) is 0 Å². The van der Waals surface area contributed by atoms with Crippen LogP contribution in [0, 0.1) is 0 Å². The standard InChI is InChI=1S/C27H24F3N3O4/c1-19(34)32-24(21-11-6-3-7-12-21)16-26(36)37-18-25(35)33(31-17-20-9-4-2-5-10-20)23-14-8-13-22(15-23)27(28,29)30/h2-15,17,24H,16,18H2,1H3,(H,32,34)/b31-17+. The molecule has 2 amide bonds. The van der Waals surface area contributed by atoms with Crippen LogP contribution in [0.25, 0.3) is 0 Å². The number of amides is 2. The Hall–Kier alpha value is -4.47. The number of benzene rings is 3. The Bertz CT molecular complexity index is 1250. The maximum Gasteiger partial charge on any atom is 0.416 e. The number of nitrogens with zero attached hydrogens (tertiary/aromatic N) is 2. The van der Waals surface area contributed by atoms with Gasteiger partial charge in [0.15, 0.2) is 6.61 Å². The van der Waals surface area contributed by atoms with Gasteiger partial charge in [-0.2, -0.15) is 23.3 Å². The molecule has 0 saturated heterocycles. The zero-order valence-corrected chi connectivity index (χ0v) is 19.8. The van der Waals surface area contributed by atoms with Crippen LogP contribution in [-0.4, -0.2) is 30.6 Å². The molecule has 37 heavy (non-hydrogen) atoms. The number of hydrazone groups is 1. The molecule has 0 saturated carbocycles. The van der Waals surface area contributed by atoms with Crippen LogP contribution in [0.4, 0.5) is 18.9 Å². The van der Waals surface area contributed by atoms with Crippen molar-refractivity contribution in [2.75, 3.05) is 11.6 Å². The number of nitrogens with one attached hydrogen (secondary N) is 1. The second-order valence-electron chi connectivity index (χ2n) is 7.94. The van der Waals surface area contributed by atoms with Crippen molar-refractivity contribution in [3.63, 3.8) is 0 Å². The lowest BCUT2D eigenvalue weighted by Gasteiger charge is -2.20. The molecule has 7 nitrogen and oxygen atoms in total. The van der Waals surface area contributed by atoms with Gasteiger partial charge in [-0.3, -0.25) is 14.4 Å². The monoisotopic (exact) mass is 511 g/mol. The first-order valence-corrected chi connectivity index (χ1v) is 11.2. The molecule has 0 heterocycles. The maximum absolute atomic E-state index is 13.2. The largest absolute Gasteiger partial charge is 0.455 e. The van der Waals surface area contributed by atoms with Crippen LogP contribution in [0.5, 0.6) is 0 Å². The molecule has 192 valence electrons. The minimum Gasteiger partial charge on any atom is -0.455 e. The molecule has 1 N–H and O–H groups in total. The third-order valence-corrected chi connectivity index (χ3v) is 5.08.